The zero-order valence-corrected chi connectivity index (χ0v) is 16.4. The Morgan fingerprint density at radius 2 is 1.89 bits per heavy atom. The van der Waals surface area contributed by atoms with Crippen LogP contribution < -0.4 is 9.47 Å². The predicted octanol–water partition coefficient (Wildman–Crippen LogP) is 3.09. The number of aliphatic hydroxyl groups is 1. The number of likely N-dealkylation sites (tertiary alicyclic amines) is 1. The Labute approximate surface area is 165 Å². The van der Waals surface area contributed by atoms with Crippen LogP contribution in [0.15, 0.2) is 42.5 Å². The second-order valence-electron chi connectivity index (χ2n) is 7.55. The molecule has 0 saturated carbocycles. The van der Waals surface area contributed by atoms with Gasteiger partial charge in [-0.05, 0) is 37.7 Å². The summed E-state index contributed by atoms with van der Waals surface area (Å²) in [5.41, 5.74) is 1.13. The van der Waals surface area contributed by atoms with Crippen molar-refractivity contribution in [1.29, 1.82) is 0 Å². The summed E-state index contributed by atoms with van der Waals surface area (Å²) in [5.74, 6) is 1.45. The molecule has 2 aromatic rings. The minimum atomic E-state index is -0.861. The zero-order valence-electron chi connectivity index (χ0n) is 15.7. The topological polar surface area (TPSA) is 45.2 Å². The van der Waals surface area contributed by atoms with Crippen molar-refractivity contribution in [1.82, 2.24) is 9.80 Å². The van der Waals surface area contributed by atoms with E-state index in [2.05, 4.69) is 9.80 Å². The second kappa shape index (κ2) is 7.32. The first-order valence-corrected chi connectivity index (χ1v) is 9.60. The van der Waals surface area contributed by atoms with Gasteiger partial charge < -0.3 is 19.5 Å². The first-order chi connectivity index (χ1) is 13.0. The highest BCUT2D eigenvalue weighted by molar-refractivity contribution is 6.31. The van der Waals surface area contributed by atoms with E-state index in [1.165, 1.54) is 0 Å². The van der Waals surface area contributed by atoms with E-state index in [1.54, 1.807) is 0 Å². The number of rotatable bonds is 4. The fourth-order valence-electron chi connectivity index (χ4n) is 4.10. The van der Waals surface area contributed by atoms with Crippen LogP contribution in [0.5, 0.6) is 11.5 Å². The van der Waals surface area contributed by atoms with Gasteiger partial charge in [0.1, 0.15) is 5.60 Å². The van der Waals surface area contributed by atoms with E-state index in [4.69, 9.17) is 21.1 Å². The Bertz CT molecular complexity index is 815. The summed E-state index contributed by atoms with van der Waals surface area (Å²) in [5, 5.41) is 12.2. The molecular weight excluding hydrogens is 364 g/mol. The Balaban J connectivity index is 1.54. The van der Waals surface area contributed by atoms with Gasteiger partial charge in [-0.3, -0.25) is 4.90 Å². The molecule has 0 amide bonds. The lowest BCUT2D eigenvalue weighted by Crippen LogP contribution is -2.58. The van der Waals surface area contributed by atoms with Gasteiger partial charge in [0.2, 0.25) is 6.79 Å². The summed E-state index contributed by atoms with van der Waals surface area (Å²) in [6.45, 7) is 2.50. The van der Waals surface area contributed by atoms with Crippen LogP contribution in [0.25, 0.3) is 0 Å². The van der Waals surface area contributed by atoms with Crippen molar-refractivity contribution in [3.05, 3.63) is 58.6 Å². The van der Waals surface area contributed by atoms with Gasteiger partial charge in [-0.15, -0.1) is 0 Å². The van der Waals surface area contributed by atoms with Crippen LogP contribution in [0.3, 0.4) is 0 Å². The highest BCUT2D eigenvalue weighted by Crippen LogP contribution is 2.39. The number of benzene rings is 2. The molecule has 6 heteroatoms. The van der Waals surface area contributed by atoms with Crippen molar-refractivity contribution in [3.8, 4) is 11.5 Å². The summed E-state index contributed by atoms with van der Waals surface area (Å²) >= 11 is 6.46. The van der Waals surface area contributed by atoms with E-state index < -0.39 is 5.60 Å². The molecule has 0 spiro atoms. The Morgan fingerprint density at radius 3 is 2.59 bits per heavy atom. The molecule has 1 saturated heterocycles. The maximum absolute atomic E-state index is 11.5. The largest absolute Gasteiger partial charge is 0.454 e. The molecule has 2 aromatic carbocycles. The standard InChI is InChI=1S/C21H25ClN2O3/c1-23(2)20-13-24(9-8-21(20,25)16-6-4-3-5-7-16)12-15-10-18-19(11-17(15)22)27-14-26-18/h3-7,10-11,20,25H,8-9,12-14H2,1-2H3/t20-,21+/m1/s1. The number of fused-ring (bicyclic) bond motifs is 1. The van der Waals surface area contributed by atoms with Gasteiger partial charge in [-0.25, -0.2) is 0 Å². The molecular formula is C21H25ClN2O3. The fourth-order valence-corrected chi connectivity index (χ4v) is 4.31. The second-order valence-corrected chi connectivity index (χ2v) is 7.96. The minimum Gasteiger partial charge on any atom is -0.454 e. The molecule has 4 rings (SSSR count). The number of piperidine rings is 1. The van der Waals surface area contributed by atoms with Gasteiger partial charge in [0, 0.05) is 30.7 Å². The van der Waals surface area contributed by atoms with Crippen molar-refractivity contribution in [3.63, 3.8) is 0 Å². The molecule has 1 N–H and O–H groups in total. The van der Waals surface area contributed by atoms with E-state index in [-0.39, 0.29) is 12.8 Å². The molecule has 0 bridgehead atoms. The van der Waals surface area contributed by atoms with Crippen LogP contribution in [0.4, 0.5) is 0 Å². The summed E-state index contributed by atoms with van der Waals surface area (Å²) in [4.78, 5) is 4.45. The van der Waals surface area contributed by atoms with Crippen molar-refractivity contribution >= 4 is 11.6 Å². The molecule has 144 valence electrons. The molecule has 0 aliphatic carbocycles. The number of hydrogen-bond donors (Lipinski definition) is 1. The first kappa shape index (κ1) is 18.6. The smallest absolute Gasteiger partial charge is 0.231 e. The highest BCUT2D eigenvalue weighted by atomic mass is 35.5. The molecule has 0 aromatic heterocycles. The van der Waals surface area contributed by atoms with Crippen LogP contribution in [0, 0.1) is 0 Å². The lowest BCUT2D eigenvalue weighted by Gasteiger charge is -2.47. The van der Waals surface area contributed by atoms with Gasteiger partial charge >= 0.3 is 0 Å². The number of hydrogen-bond acceptors (Lipinski definition) is 5. The van der Waals surface area contributed by atoms with Crippen molar-refractivity contribution in [2.24, 2.45) is 0 Å². The third-order valence-electron chi connectivity index (χ3n) is 5.62. The summed E-state index contributed by atoms with van der Waals surface area (Å²) in [7, 11) is 4.05. The van der Waals surface area contributed by atoms with E-state index in [0.717, 1.165) is 30.0 Å². The predicted molar refractivity (Wildman–Crippen MR) is 105 cm³/mol. The molecule has 2 atom stereocenters. The normalized spacial score (nSPS) is 25.1. The number of nitrogens with zero attached hydrogens (tertiary/aromatic N) is 2. The lowest BCUT2D eigenvalue weighted by atomic mass is 9.79. The third-order valence-corrected chi connectivity index (χ3v) is 5.98. The Morgan fingerprint density at radius 1 is 1.19 bits per heavy atom. The molecule has 2 aliphatic heterocycles. The average Bonchev–Trinajstić information content (AvgIpc) is 3.11. The van der Waals surface area contributed by atoms with Crippen LogP contribution in [0.1, 0.15) is 17.5 Å². The average molecular weight is 389 g/mol. The van der Waals surface area contributed by atoms with Crippen LogP contribution >= 0.6 is 11.6 Å². The van der Waals surface area contributed by atoms with Gasteiger partial charge in [0.25, 0.3) is 0 Å². The molecule has 2 aliphatic rings. The third kappa shape index (κ3) is 3.52. The number of ether oxygens (including phenoxy) is 2. The van der Waals surface area contributed by atoms with Gasteiger partial charge in [0.15, 0.2) is 11.5 Å². The zero-order chi connectivity index (χ0) is 19.0. The van der Waals surface area contributed by atoms with Crippen LogP contribution in [-0.4, -0.2) is 54.9 Å². The Hall–Kier alpha value is -1.79. The lowest BCUT2D eigenvalue weighted by molar-refractivity contribution is -0.0892. The van der Waals surface area contributed by atoms with Crippen molar-refractivity contribution < 1.29 is 14.6 Å². The maximum atomic E-state index is 11.5. The van der Waals surface area contributed by atoms with Gasteiger partial charge in [-0.1, -0.05) is 41.9 Å². The molecule has 1 fully saturated rings. The Kier molecular flexibility index (Phi) is 5.03. The molecule has 0 unspecified atom stereocenters. The monoisotopic (exact) mass is 388 g/mol. The minimum absolute atomic E-state index is 0.0126. The molecule has 27 heavy (non-hydrogen) atoms. The quantitative estimate of drug-likeness (QED) is 0.872. The van der Waals surface area contributed by atoms with Crippen LogP contribution in [-0.2, 0) is 12.1 Å². The number of halogens is 1. The van der Waals surface area contributed by atoms with E-state index >= 15 is 0 Å². The maximum Gasteiger partial charge on any atom is 0.231 e. The fraction of sp³-hybridized carbons (Fsp3) is 0.429. The SMILES string of the molecule is CN(C)[C@@H]1CN(Cc2cc3c(cc2Cl)OCO3)CC[C@]1(O)c1ccccc1. The molecule has 0 radical (unpaired) electrons. The summed E-state index contributed by atoms with van der Waals surface area (Å²) < 4.78 is 10.9. The summed E-state index contributed by atoms with van der Waals surface area (Å²) in [6.07, 6.45) is 0.669. The van der Waals surface area contributed by atoms with Gasteiger partial charge in [-0.2, -0.15) is 0 Å². The van der Waals surface area contributed by atoms with E-state index in [0.29, 0.717) is 23.7 Å². The molecule has 5 nitrogen and oxygen atoms in total. The summed E-state index contributed by atoms with van der Waals surface area (Å²) in [6, 6.07) is 13.8. The van der Waals surface area contributed by atoms with Crippen molar-refractivity contribution in [2.75, 3.05) is 34.0 Å². The van der Waals surface area contributed by atoms with E-state index in [1.807, 2.05) is 56.6 Å². The highest BCUT2D eigenvalue weighted by Gasteiger charge is 2.44. The van der Waals surface area contributed by atoms with Crippen molar-refractivity contribution in [2.45, 2.75) is 24.6 Å². The molecule has 2 heterocycles. The van der Waals surface area contributed by atoms with E-state index in [9.17, 15) is 5.11 Å². The number of likely N-dealkylation sites (N-methyl/N-ethyl adjacent to an activating group) is 1. The first-order valence-electron chi connectivity index (χ1n) is 9.22. The van der Waals surface area contributed by atoms with Gasteiger partial charge in [0.05, 0.1) is 6.04 Å². The van der Waals surface area contributed by atoms with Crippen LogP contribution in [0.2, 0.25) is 5.02 Å².